The van der Waals surface area contributed by atoms with Gasteiger partial charge in [-0.3, -0.25) is 10.2 Å². The van der Waals surface area contributed by atoms with Crippen molar-refractivity contribution in [1.29, 1.82) is 0 Å². The summed E-state index contributed by atoms with van der Waals surface area (Å²) in [6.07, 6.45) is 4.34. The lowest BCUT2D eigenvalue weighted by atomic mass is 10.0. The number of urea groups is 1. The minimum atomic E-state index is -0.310. The molecule has 0 spiro atoms. The number of carbonyl (C=O) groups is 2. The van der Waals surface area contributed by atoms with Crippen LogP contribution in [-0.4, -0.2) is 56.7 Å². The van der Waals surface area contributed by atoms with Gasteiger partial charge in [0.1, 0.15) is 12.0 Å². The Morgan fingerprint density at radius 3 is 2.81 bits per heavy atom. The number of hydrogen-bond acceptors (Lipinski definition) is 6. The van der Waals surface area contributed by atoms with Gasteiger partial charge < -0.3 is 20.4 Å². The van der Waals surface area contributed by atoms with Gasteiger partial charge in [-0.2, -0.15) is 0 Å². The Morgan fingerprint density at radius 2 is 2.06 bits per heavy atom. The second-order valence-corrected chi connectivity index (χ2v) is 8.94. The maximum atomic E-state index is 12.6. The zero-order chi connectivity index (χ0) is 22.3. The number of benzene rings is 1. The molecule has 0 aliphatic carbocycles. The van der Waals surface area contributed by atoms with Crippen LogP contribution < -0.4 is 16.1 Å². The van der Waals surface area contributed by atoms with Crippen molar-refractivity contribution in [1.82, 2.24) is 25.3 Å². The second kappa shape index (κ2) is 7.94. The number of fused-ring (bicyclic) bond motifs is 3. The molecule has 5 rings (SSSR count). The molecule has 0 radical (unpaired) electrons. The van der Waals surface area contributed by atoms with Gasteiger partial charge in [-0.1, -0.05) is 12.1 Å². The molecular weight excluding hydrogens is 410 g/mol. The summed E-state index contributed by atoms with van der Waals surface area (Å²) in [5.41, 5.74) is 4.93. The van der Waals surface area contributed by atoms with E-state index in [1.807, 2.05) is 32.0 Å². The summed E-state index contributed by atoms with van der Waals surface area (Å²) < 4.78 is 5.35. The maximum Gasteiger partial charge on any atom is 0.319 e. The maximum absolute atomic E-state index is 12.6. The lowest BCUT2D eigenvalue weighted by Crippen LogP contribution is -2.45. The Labute approximate surface area is 185 Å². The van der Waals surface area contributed by atoms with Crippen LogP contribution in [0.4, 0.5) is 16.3 Å². The number of aromatic nitrogens is 3. The number of rotatable bonds is 4. The molecule has 10 nitrogen and oxygen atoms in total. The zero-order valence-corrected chi connectivity index (χ0v) is 18.2. The Kier molecular flexibility index (Phi) is 5.09. The first-order chi connectivity index (χ1) is 15.4. The SMILES string of the molecule is CC1(C)CCC(=O)N1Nc1ncnc2[nH]c3c(NC(=O)NC4CCOCC4)cccc3c12. The highest BCUT2D eigenvalue weighted by Gasteiger charge is 2.38. The van der Waals surface area contributed by atoms with Crippen LogP contribution in [0.2, 0.25) is 0 Å². The second-order valence-electron chi connectivity index (χ2n) is 8.94. The third kappa shape index (κ3) is 3.70. The van der Waals surface area contributed by atoms with Gasteiger partial charge in [-0.25, -0.2) is 19.8 Å². The summed E-state index contributed by atoms with van der Waals surface area (Å²) in [5.74, 6) is 0.585. The number of nitrogens with one attached hydrogen (secondary N) is 4. The molecule has 4 heterocycles. The first kappa shape index (κ1) is 20.5. The number of anilines is 2. The molecule has 2 aliphatic heterocycles. The van der Waals surface area contributed by atoms with Gasteiger partial charge in [0.05, 0.1) is 22.1 Å². The van der Waals surface area contributed by atoms with E-state index < -0.39 is 0 Å². The molecule has 0 saturated carbocycles. The monoisotopic (exact) mass is 437 g/mol. The number of amides is 3. The molecule has 1 aromatic carbocycles. The van der Waals surface area contributed by atoms with Gasteiger partial charge in [0.2, 0.25) is 5.91 Å². The molecule has 2 saturated heterocycles. The fourth-order valence-corrected chi connectivity index (χ4v) is 4.42. The first-order valence-electron chi connectivity index (χ1n) is 10.9. The highest BCUT2D eigenvalue weighted by atomic mass is 16.5. The van der Waals surface area contributed by atoms with Crippen molar-refractivity contribution in [2.75, 3.05) is 24.0 Å². The predicted octanol–water partition coefficient (Wildman–Crippen LogP) is 3.14. The van der Waals surface area contributed by atoms with Crippen molar-refractivity contribution in [3.63, 3.8) is 0 Å². The van der Waals surface area contributed by atoms with Crippen molar-refractivity contribution in [3.8, 4) is 0 Å². The molecule has 4 N–H and O–H groups in total. The summed E-state index contributed by atoms with van der Waals surface area (Å²) in [6.45, 7) is 5.37. The third-order valence-corrected chi connectivity index (χ3v) is 6.25. The van der Waals surface area contributed by atoms with Crippen LogP contribution in [0.25, 0.3) is 21.9 Å². The standard InChI is InChI=1S/C22H27N7O3/c1-22(2)9-6-16(30)29(22)28-20-17-14-4-3-5-15(18(14)27-19(17)23-12-24-20)26-21(31)25-13-7-10-32-11-8-13/h3-5,12-13H,6-11H2,1-2H3,(H2,25,26,31)(H2,23,24,27,28). The molecule has 2 fully saturated rings. The Hall–Kier alpha value is -3.40. The highest BCUT2D eigenvalue weighted by Crippen LogP contribution is 2.35. The molecule has 3 amide bonds. The molecular formula is C22H27N7O3. The van der Waals surface area contributed by atoms with E-state index >= 15 is 0 Å². The molecule has 32 heavy (non-hydrogen) atoms. The largest absolute Gasteiger partial charge is 0.381 e. The topological polar surface area (TPSA) is 124 Å². The minimum Gasteiger partial charge on any atom is -0.381 e. The van der Waals surface area contributed by atoms with E-state index in [2.05, 4.69) is 31.0 Å². The zero-order valence-electron chi connectivity index (χ0n) is 18.2. The first-order valence-corrected chi connectivity index (χ1v) is 10.9. The van der Waals surface area contributed by atoms with Gasteiger partial charge >= 0.3 is 6.03 Å². The third-order valence-electron chi connectivity index (χ3n) is 6.25. The predicted molar refractivity (Wildman–Crippen MR) is 121 cm³/mol. The van der Waals surface area contributed by atoms with E-state index in [1.54, 1.807) is 5.01 Å². The average Bonchev–Trinajstić information content (AvgIpc) is 3.28. The Morgan fingerprint density at radius 1 is 1.25 bits per heavy atom. The highest BCUT2D eigenvalue weighted by molar-refractivity contribution is 6.15. The smallest absolute Gasteiger partial charge is 0.319 e. The molecule has 0 bridgehead atoms. The van der Waals surface area contributed by atoms with Crippen LogP contribution in [0.1, 0.15) is 39.5 Å². The van der Waals surface area contributed by atoms with Crippen LogP contribution in [-0.2, 0) is 9.53 Å². The summed E-state index contributed by atoms with van der Waals surface area (Å²) in [6, 6.07) is 5.52. The lowest BCUT2D eigenvalue weighted by Gasteiger charge is -2.32. The van der Waals surface area contributed by atoms with E-state index in [0.717, 1.165) is 35.6 Å². The number of hydrazine groups is 1. The fraction of sp³-hybridized carbons (Fsp3) is 0.455. The lowest BCUT2D eigenvalue weighted by molar-refractivity contribution is -0.129. The molecule has 0 unspecified atom stereocenters. The number of ether oxygens (including phenoxy) is 1. The van der Waals surface area contributed by atoms with Crippen molar-refractivity contribution < 1.29 is 14.3 Å². The average molecular weight is 438 g/mol. The summed E-state index contributed by atoms with van der Waals surface area (Å²) in [4.78, 5) is 37.1. The van der Waals surface area contributed by atoms with Crippen LogP contribution in [0.3, 0.4) is 0 Å². The number of hydrogen-bond donors (Lipinski definition) is 4. The van der Waals surface area contributed by atoms with Gasteiger partial charge in [-0.15, -0.1) is 0 Å². The molecule has 168 valence electrons. The Bertz CT molecular complexity index is 1180. The summed E-state index contributed by atoms with van der Waals surface area (Å²) in [7, 11) is 0. The van der Waals surface area contributed by atoms with E-state index in [1.165, 1.54) is 6.33 Å². The number of nitrogens with zero attached hydrogens (tertiary/aromatic N) is 3. The van der Waals surface area contributed by atoms with E-state index in [0.29, 0.717) is 36.8 Å². The van der Waals surface area contributed by atoms with Gasteiger partial charge in [0.15, 0.2) is 5.82 Å². The summed E-state index contributed by atoms with van der Waals surface area (Å²) in [5, 5.41) is 9.24. The van der Waals surface area contributed by atoms with Crippen molar-refractivity contribution in [2.24, 2.45) is 0 Å². The number of H-pyrrole nitrogens is 1. The Balaban J connectivity index is 1.46. The van der Waals surface area contributed by atoms with E-state index in [-0.39, 0.29) is 23.5 Å². The van der Waals surface area contributed by atoms with Crippen LogP contribution in [0.5, 0.6) is 0 Å². The number of para-hydroxylation sites is 1. The number of carbonyl (C=O) groups excluding carboxylic acids is 2. The molecule has 2 aromatic heterocycles. The van der Waals surface area contributed by atoms with Gasteiger partial charge in [-0.05, 0) is 39.2 Å². The van der Waals surface area contributed by atoms with Crippen LogP contribution >= 0.6 is 0 Å². The molecule has 2 aliphatic rings. The van der Waals surface area contributed by atoms with Crippen LogP contribution in [0, 0.1) is 0 Å². The molecule has 10 heteroatoms. The van der Waals surface area contributed by atoms with Crippen molar-refractivity contribution in [3.05, 3.63) is 24.5 Å². The fourth-order valence-electron chi connectivity index (χ4n) is 4.42. The van der Waals surface area contributed by atoms with Crippen LogP contribution in [0.15, 0.2) is 24.5 Å². The molecule has 3 aromatic rings. The normalized spacial score (nSPS) is 18.9. The summed E-state index contributed by atoms with van der Waals surface area (Å²) >= 11 is 0. The quantitative estimate of drug-likeness (QED) is 0.497. The molecule has 0 atom stereocenters. The van der Waals surface area contributed by atoms with E-state index in [4.69, 9.17) is 4.74 Å². The minimum absolute atomic E-state index is 0.0359. The van der Waals surface area contributed by atoms with Gasteiger partial charge in [0, 0.05) is 31.1 Å². The van der Waals surface area contributed by atoms with E-state index in [9.17, 15) is 9.59 Å². The van der Waals surface area contributed by atoms with Crippen molar-refractivity contribution in [2.45, 2.75) is 51.1 Å². The number of aromatic amines is 1. The van der Waals surface area contributed by atoms with Crippen molar-refractivity contribution >= 4 is 45.4 Å². The van der Waals surface area contributed by atoms with Gasteiger partial charge in [0.25, 0.3) is 0 Å².